The molecule has 1 N–H and O–H groups in total. The second kappa shape index (κ2) is 20.1. The molecule has 0 heterocycles. The minimum Gasteiger partial charge on any atom is -0.507 e. The molecule has 0 saturated heterocycles. The number of methoxy groups -OCH3 is 1. The Hall–Kier alpha value is -2.49. The molecule has 2 aromatic carbocycles. The Balaban J connectivity index is 1.55. The van der Waals surface area contributed by atoms with Gasteiger partial charge in [-0.25, -0.2) is 0 Å². The van der Waals surface area contributed by atoms with Crippen molar-refractivity contribution in [2.24, 2.45) is 0 Å². The minimum absolute atomic E-state index is 0.0622. The lowest BCUT2D eigenvalue weighted by Gasteiger charge is -2.29. The van der Waals surface area contributed by atoms with Gasteiger partial charge in [-0.05, 0) is 69.7 Å². The maximum Gasteiger partial charge on any atom is 0.311 e. The van der Waals surface area contributed by atoms with E-state index < -0.39 is 0 Å². The van der Waals surface area contributed by atoms with Crippen molar-refractivity contribution >= 4 is 5.97 Å². The highest BCUT2D eigenvalue weighted by Gasteiger charge is 2.30. The Morgan fingerprint density at radius 2 is 0.843 bits per heavy atom. The molecule has 0 aliphatic heterocycles. The number of unbranched alkanes of at least 4 members (excludes halogenated alkanes) is 14. The van der Waals surface area contributed by atoms with Gasteiger partial charge in [-0.2, -0.15) is 0 Å². The number of carbonyl (C=O) groups is 1. The molecule has 0 unspecified atom stereocenters. The normalized spacial score (nSPS) is 12.7. The first-order chi connectivity index (χ1) is 23.7. The van der Waals surface area contributed by atoms with Crippen LogP contribution in [0.3, 0.4) is 0 Å². The first kappa shape index (κ1) is 44.7. The second-order valence-electron chi connectivity index (χ2n) is 19.4. The van der Waals surface area contributed by atoms with Crippen molar-refractivity contribution in [2.45, 2.75) is 214 Å². The second-order valence-corrected chi connectivity index (χ2v) is 19.4. The molecular weight excluding hydrogens is 629 g/mol. The molecule has 0 atom stereocenters. The molecule has 0 aliphatic carbocycles. The van der Waals surface area contributed by atoms with E-state index in [1.807, 2.05) is 12.1 Å². The van der Waals surface area contributed by atoms with Gasteiger partial charge in [-0.1, -0.05) is 179 Å². The van der Waals surface area contributed by atoms with E-state index >= 15 is 0 Å². The van der Waals surface area contributed by atoms with Crippen LogP contribution in [0, 0.1) is 0 Å². The summed E-state index contributed by atoms with van der Waals surface area (Å²) in [5.74, 6) is 1.88. The SMILES string of the molecule is COc1cc(C(C)(C)C)c(OC(=O)CCCCCCCCCCCCCCCCCc2cc(C(C)(C)C)c(O)c(C(C)(C)C)c2)c(C(C)(C)C)c1. The van der Waals surface area contributed by atoms with E-state index in [-0.39, 0.29) is 27.6 Å². The summed E-state index contributed by atoms with van der Waals surface area (Å²) in [6.07, 6.45) is 20.6. The smallest absolute Gasteiger partial charge is 0.311 e. The highest BCUT2D eigenvalue weighted by molar-refractivity contribution is 5.74. The zero-order chi connectivity index (χ0) is 38.5. The molecule has 2 rings (SSSR count). The fraction of sp³-hybridized carbons (Fsp3) is 0.723. The third-order valence-corrected chi connectivity index (χ3v) is 10.3. The number of hydrogen-bond donors (Lipinski definition) is 1. The van der Waals surface area contributed by atoms with E-state index in [0.717, 1.165) is 47.3 Å². The van der Waals surface area contributed by atoms with Crippen molar-refractivity contribution in [3.05, 3.63) is 52.1 Å². The number of ether oxygens (including phenoxy) is 2. The van der Waals surface area contributed by atoms with Gasteiger partial charge in [-0.3, -0.25) is 4.79 Å². The molecule has 4 heteroatoms. The van der Waals surface area contributed by atoms with Crippen LogP contribution in [-0.4, -0.2) is 18.2 Å². The highest BCUT2D eigenvalue weighted by Crippen LogP contribution is 2.43. The lowest BCUT2D eigenvalue weighted by molar-refractivity contribution is -0.134. The van der Waals surface area contributed by atoms with Crippen molar-refractivity contribution in [3.63, 3.8) is 0 Å². The molecule has 0 fully saturated rings. The van der Waals surface area contributed by atoms with Gasteiger partial charge >= 0.3 is 5.97 Å². The standard InChI is InChI=1S/C47H78O4/c1-44(2,3)37-31-35(32-38(42(37)49)45(4,5)6)29-27-25-23-21-19-17-15-14-16-18-20-22-24-26-28-30-41(48)51-43-39(46(7,8)9)33-36(50-13)34-40(43)47(10,11)12/h31-34,49H,14-30H2,1-13H3. The molecule has 51 heavy (non-hydrogen) atoms. The van der Waals surface area contributed by atoms with Crippen LogP contribution in [0.4, 0.5) is 0 Å². The van der Waals surface area contributed by atoms with Gasteiger partial charge in [0.2, 0.25) is 0 Å². The monoisotopic (exact) mass is 707 g/mol. The molecule has 0 saturated carbocycles. The zero-order valence-electron chi connectivity index (χ0n) is 35.5. The number of carbonyl (C=O) groups excluding carboxylic acids is 1. The minimum atomic E-state index is -0.171. The van der Waals surface area contributed by atoms with Crippen LogP contribution in [0.5, 0.6) is 17.2 Å². The summed E-state index contributed by atoms with van der Waals surface area (Å²) in [6, 6.07) is 8.54. The quantitative estimate of drug-likeness (QED) is 0.0846. The third kappa shape index (κ3) is 15.6. The van der Waals surface area contributed by atoms with E-state index in [1.54, 1.807) is 7.11 Å². The van der Waals surface area contributed by atoms with Crippen LogP contribution < -0.4 is 9.47 Å². The summed E-state index contributed by atoms with van der Waals surface area (Å²) in [4.78, 5) is 13.0. The van der Waals surface area contributed by atoms with Crippen LogP contribution in [0.15, 0.2) is 24.3 Å². The van der Waals surface area contributed by atoms with Gasteiger partial charge in [0, 0.05) is 17.5 Å². The van der Waals surface area contributed by atoms with Crippen molar-refractivity contribution in [1.29, 1.82) is 0 Å². The average Bonchev–Trinajstić information content (AvgIpc) is 3.00. The summed E-state index contributed by atoms with van der Waals surface area (Å²) in [5, 5.41) is 11.0. The predicted molar refractivity (Wildman–Crippen MR) is 219 cm³/mol. The first-order valence-electron chi connectivity index (χ1n) is 20.5. The van der Waals surface area contributed by atoms with E-state index in [9.17, 15) is 9.90 Å². The maximum atomic E-state index is 13.0. The third-order valence-electron chi connectivity index (χ3n) is 10.3. The summed E-state index contributed by atoms with van der Waals surface area (Å²) >= 11 is 0. The lowest BCUT2D eigenvalue weighted by Crippen LogP contribution is -2.22. The van der Waals surface area contributed by atoms with Gasteiger partial charge in [0.1, 0.15) is 17.2 Å². The fourth-order valence-electron chi connectivity index (χ4n) is 6.99. The Labute approximate surface area is 314 Å². The molecule has 0 amide bonds. The van der Waals surface area contributed by atoms with Crippen LogP contribution in [-0.2, 0) is 32.9 Å². The van der Waals surface area contributed by atoms with Crippen molar-refractivity contribution < 1.29 is 19.4 Å². The Kier molecular flexibility index (Phi) is 17.6. The summed E-state index contributed by atoms with van der Waals surface area (Å²) < 4.78 is 11.7. The molecule has 290 valence electrons. The van der Waals surface area contributed by atoms with Gasteiger partial charge in [0.15, 0.2) is 0 Å². The number of phenolic OH excluding ortho intramolecular Hbond substituents is 1. The number of aromatic hydroxyl groups is 1. The summed E-state index contributed by atoms with van der Waals surface area (Å²) in [7, 11) is 1.69. The molecule has 4 nitrogen and oxygen atoms in total. The van der Waals surface area contributed by atoms with Gasteiger partial charge in [0.25, 0.3) is 0 Å². The number of esters is 1. The number of phenols is 1. The van der Waals surface area contributed by atoms with E-state index in [2.05, 4.69) is 95.2 Å². The highest BCUT2D eigenvalue weighted by atomic mass is 16.5. The summed E-state index contributed by atoms with van der Waals surface area (Å²) in [5.41, 5.74) is 5.10. The van der Waals surface area contributed by atoms with Crippen molar-refractivity contribution in [3.8, 4) is 17.2 Å². The molecule has 0 spiro atoms. The van der Waals surface area contributed by atoms with Crippen LogP contribution >= 0.6 is 0 Å². The van der Waals surface area contributed by atoms with Crippen LogP contribution in [0.1, 0.15) is 214 Å². The van der Waals surface area contributed by atoms with E-state index in [4.69, 9.17) is 9.47 Å². The van der Waals surface area contributed by atoms with Crippen LogP contribution in [0.25, 0.3) is 0 Å². The Morgan fingerprint density at radius 3 is 1.18 bits per heavy atom. The van der Waals surface area contributed by atoms with Crippen LogP contribution in [0.2, 0.25) is 0 Å². The largest absolute Gasteiger partial charge is 0.507 e. The Morgan fingerprint density at radius 1 is 0.510 bits per heavy atom. The molecular formula is C47H78O4. The van der Waals surface area contributed by atoms with Gasteiger partial charge in [-0.15, -0.1) is 0 Å². The van der Waals surface area contributed by atoms with E-state index in [0.29, 0.717) is 17.9 Å². The number of rotatable bonds is 20. The first-order valence-corrected chi connectivity index (χ1v) is 20.5. The fourth-order valence-corrected chi connectivity index (χ4v) is 6.99. The molecule has 0 aliphatic rings. The summed E-state index contributed by atoms with van der Waals surface area (Å²) in [6.45, 7) is 26.1. The number of benzene rings is 2. The van der Waals surface area contributed by atoms with Gasteiger partial charge < -0.3 is 14.6 Å². The van der Waals surface area contributed by atoms with Crippen molar-refractivity contribution in [1.82, 2.24) is 0 Å². The molecule has 0 aromatic heterocycles. The maximum absolute atomic E-state index is 13.0. The molecule has 2 aromatic rings. The zero-order valence-corrected chi connectivity index (χ0v) is 35.5. The number of hydrogen-bond acceptors (Lipinski definition) is 4. The topological polar surface area (TPSA) is 55.8 Å². The lowest BCUT2D eigenvalue weighted by atomic mass is 9.78. The predicted octanol–water partition coefficient (Wildman–Crippen LogP) is 14.0. The molecule has 0 bridgehead atoms. The Bertz CT molecular complexity index is 1270. The van der Waals surface area contributed by atoms with Gasteiger partial charge in [0.05, 0.1) is 7.11 Å². The van der Waals surface area contributed by atoms with Crippen molar-refractivity contribution in [2.75, 3.05) is 7.11 Å². The molecule has 0 radical (unpaired) electrons. The van der Waals surface area contributed by atoms with E-state index in [1.165, 1.54) is 89.0 Å². The number of aryl methyl sites for hydroxylation is 1. The average molecular weight is 707 g/mol.